The summed E-state index contributed by atoms with van der Waals surface area (Å²) in [5.74, 6) is 0.227. The van der Waals surface area contributed by atoms with E-state index in [1.165, 1.54) is 0 Å². The Labute approximate surface area is 77.8 Å². The second-order valence-corrected chi connectivity index (χ2v) is 4.92. The zero-order chi connectivity index (χ0) is 8.41. The summed E-state index contributed by atoms with van der Waals surface area (Å²) in [6, 6.07) is 0. The molecule has 0 aliphatic rings. The molecule has 0 atom stereocenters. The van der Waals surface area contributed by atoms with E-state index in [0.717, 1.165) is 6.42 Å². The molecule has 0 heterocycles. The van der Waals surface area contributed by atoms with Gasteiger partial charge in [-0.05, 0) is 19.9 Å². The van der Waals surface area contributed by atoms with Crippen LogP contribution in [0.25, 0.3) is 0 Å². The fraction of sp³-hybridized carbons (Fsp3) is 0.800. The fourth-order valence-electron chi connectivity index (χ4n) is 0.351. The van der Waals surface area contributed by atoms with Crippen LogP contribution in [-0.2, 0) is 21.3 Å². The molecular formula is C5H11Cl2NOPt. The Bertz CT molecular complexity index is 82.0. The molecule has 2 nitrogen and oxygen atoms in total. The Kier molecular flexibility index (Phi) is 16.9. The van der Waals surface area contributed by atoms with E-state index < -0.39 is 16.5 Å². The summed E-state index contributed by atoms with van der Waals surface area (Å²) < 4.78 is 0. The van der Waals surface area contributed by atoms with Crippen molar-refractivity contribution in [3.8, 4) is 0 Å². The second-order valence-electron chi connectivity index (χ2n) is 1.64. The van der Waals surface area contributed by atoms with Crippen LogP contribution >= 0.6 is 18.8 Å². The molecule has 0 aromatic heterocycles. The first-order valence-corrected chi connectivity index (χ1v) is 8.34. The van der Waals surface area contributed by atoms with Gasteiger partial charge >= 0.3 is 35.3 Å². The summed E-state index contributed by atoms with van der Waals surface area (Å²) in [6.07, 6.45) is 1.46. The molecule has 0 aliphatic carbocycles. The van der Waals surface area contributed by atoms with Crippen molar-refractivity contribution in [2.75, 3.05) is 6.54 Å². The predicted octanol–water partition coefficient (Wildman–Crippen LogP) is 1.69. The Hall–Kier alpha value is 0.898. The zero-order valence-corrected chi connectivity index (χ0v) is 9.46. The van der Waals surface area contributed by atoms with Gasteiger partial charge < -0.3 is 10.5 Å². The van der Waals surface area contributed by atoms with Crippen molar-refractivity contribution in [3.05, 3.63) is 0 Å². The minimum absolute atomic E-state index is 0.227. The van der Waals surface area contributed by atoms with Crippen LogP contribution < -0.4 is 5.73 Å². The summed E-state index contributed by atoms with van der Waals surface area (Å²) in [5.41, 5.74) is 5.12. The van der Waals surface area contributed by atoms with Crippen LogP contribution in [0, 0.1) is 0 Å². The van der Waals surface area contributed by atoms with Gasteiger partial charge in [0.1, 0.15) is 5.78 Å². The Morgan fingerprint density at radius 1 is 1.60 bits per heavy atom. The molecule has 0 bridgehead atoms. The number of Topliss-reactive ketones (excluding diaryl/α,β-unsaturated/α-hetero) is 1. The molecule has 0 radical (unpaired) electrons. The monoisotopic (exact) mass is 366 g/mol. The summed E-state index contributed by atoms with van der Waals surface area (Å²) in [4.78, 5) is 10.1. The number of hydrogen-bond acceptors (Lipinski definition) is 2. The molecule has 0 amide bonds. The third-order valence-electron chi connectivity index (χ3n) is 0.733. The van der Waals surface area contributed by atoms with E-state index in [9.17, 15) is 4.79 Å². The standard InChI is InChI=1S/C5H11NO.2ClH.Pt/c1-5(7)3-2-4-6;;;/h2-4,6H2,1H3;2*1H;/q;;;+2/p-2. The SMILES string of the molecule is CC(=O)CCCN.[Cl][Pt][Cl]. The van der Waals surface area contributed by atoms with Crippen LogP contribution in [0.5, 0.6) is 0 Å². The number of halogens is 2. The Balaban J connectivity index is 0. The Morgan fingerprint density at radius 2 is 2.00 bits per heavy atom. The number of carbonyl (C=O) groups excluding carboxylic acids is 1. The van der Waals surface area contributed by atoms with Crippen LogP contribution in [0.1, 0.15) is 19.8 Å². The van der Waals surface area contributed by atoms with E-state index in [1.807, 2.05) is 0 Å². The van der Waals surface area contributed by atoms with E-state index >= 15 is 0 Å². The third kappa shape index (κ3) is 23.1. The topological polar surface area (TPSA) is 43.1 Å². The quantitative estimate of drug-likeness (QED) is 0.825. The van der Waals surface area contributed by atoms with Crippen LogP contribution in [0.15, 0.2) is 0 Å². The van der Waals surface area contributed by atoms with Crippen molar-refractivity contribution in [1.29, 1.82) is 0 Å². The van der Waals surface area contributed by atoms with Gasteiger partial charge in [0.15, 0.2) is 0 Å². The molecular weight excluding hydrogens is 356 g/mol. The first-order chi connectivity index (χ1) is 4.68. The summed E-state index contributed by atoms with van der Waals surface area (Å²) in [6.45, 7) is 2.20. The van der Waals surface area contributed by atoms with Crippen molar-refractivity contribution >= 4 is 24.6 Å². The van der Waals surface area contributed by atoms with E-state index in [1.54, 1.807) is 6.92 Å². The van der Waals surface area contributed by atoms with Gasteiger partial charge in [0.2, 0.25) is 0 Å². The van der Waals surface area contributed by atoms with Crippen molar-refractivity contribution < 1.29 is 21.3 Å². The van der Waals surface area contributed by atoms with E-state index in [0.29, 0.717) is 13.0 Å². The van der Waals surface area contributed by atoms with Crippen molar-refractivity contribution in [3.63, 3.8) is 0 Å². The van der Waals surface area contributed by atoms with Crippen LogP contribution in [0.4, 0.5) is 0 Å². The molecule has 0 rings (SSSR count). The number of carbonyl (C=O) groups is 1. The molecule has 0 aromatic carbocycles. The average molecular weight is 367 g/mol. The van der Waals surface area contributed by atoms with Crippen LogP contribution in [-0.4, -0.2) is 12.3 Å². The molecule has 2 N–H and O–H groups in total. The molecule has 0 fully saturated rings. The fourth-order valence-corrected chi connectivity index (χ4v) is 0.351. The molecule has 0 aliphatic heterocycles. The van der Waals surface area contributed by atoms with Crippen molar-refractivity contribution in [2.45, 2.75) is 19.8 Å². The number of rotatable bonds is 3. The van der Waals surface area contributed by atoms with Crippen LogP contribution in [0.3, 0.4) is 0 Å². The number of nitrogens with two attached hydrogens (primary N) is 1. The van der Waals surface area contributed by atoms with Gasteiger partial charge in [-0.25, -0.2) is 0 Å². The number of hydrogen-bond donors (Lipinski definition) is 1. The first kappa shape index (κ1) is 13.5. The van der Waals surface area contributed by atoms with Crippen molar-refractivity contribution in [2.24, 2.45) is 5.73 Å². The van der Waals surface area contributed by atoms with E-state index in [2.05, 4.69) is 0 Å². The average Bonchev–Trinajstić information content (AvgIpc) is 1.85. The summed E-state index contributed by atoms with van der Waals surface area (Å²) in [5, 5.41) is 0. The maximum atomic E-state index is 10.1. The minimum atomic E-state index is -0.472. The predicted molar refractivity (Wildman–Crippen MR) is 40.7 cm³/mol. The van der Waals surface area contributed by atoms with Gasteiger partial charge in [0.05, 0.1) is 0 Å². The normalized spacial score (nSPS) is 8.40. The Morgan fingerprint density at radius 3 is 2.10 bits per heavy atom. The molecule has 0 unspecified atom stereocenters. The third-order valence-corrected chi connectivity index (χ3v) is 0.733. The first-order valence-electron chi connectivity index (χ1n) is 2.70. The van der Waals surface area contributed by atoms with Gasteiger partial charge in [-0.15, -0.1) is 0 Å². The molecule has 0 aromatic rings. The van der Waals surface area contributed by atoms with Gasteiger partial charge in [-0.1, -0.05) is 0 Å². The van der Waals surface area contributed by atoms with Gasteiger partial charge in [0.25, 0.3) is 0 Å². The molecule has 0 saturated heterocycles. The summed E-state index contributed by atoms with van der Waals surface area (Å²) in [7, 11) is 9.75. The van der Waals surface area contributed by atoms with Crippen LogP contribution in [0.2, 0.25) is 0 Å². The maximum absolute atomic E-state index is 10.1. The molecule has 10 heavy (non-hydrogen) atoms. The van der Waals surface area contributed by atoms with E-state index in [-0.39, 0.29) is 5.78 Å². The van der Waals surface area contributed by atoms with Gasteiger partial charge in [-0.2, -0.15) is 0 Å². The second kappa shape index (κ2) is 12.6. The molecule has 66 valence electrons. The molecule has 5 heteroatoms. The molecule has 0 saturated carbocycles. The van der Waals surface area contributed by atoms with Crippen molar-refractivity contribution in [1.82, 2.24) is 0 Å². The van der Waals surface area contributed by atoms with Gasteiger partial charge in [-0.3, -0.25) is 0 Å². The summed E-state index contributed by atoms with van der Waals surface area (Å²) >= 11 is -0.472. The van der Waals surface area contributed by atoms with Gasteiger partial charge in [0, 0.05) is 6.42 Å². The number of ketones is 1. The van der Waals surface area contributed by atoms with E-state index in [4.69, 9.17) is 24.6 Å². The molecule has 0 spiro atoms. The zero-order valence-electron chi connectivity index (χ0n) is 5.68.